The van der Waals surface area contributed by atoms with E-state index in [9.17, 15) is 18.0 Å². The molecule has 0 saturated carbocycles. The van der Waals surface area contributed by atoms with Gasteiger partial charge in [-0.2, -0.15) is 13.2 Å². The summed E-state index contributed by atoms with van der Waals surface area (Å²) in [5.74, 6) is 0.528. The number of halogens is 3. The highest BCUT2D eigenvalue weighted by atomic mass is 19.4. The van der Waals surface area contributed by atoms with E-state index in [1.807, 2.05) is 0 Å². The number of hydrogen-bond donors (Lipinski definition) is 2. The number of nitrogens with one attached hydrogen (secondary N) is 1. The molecular weight excluding hydrogens is 283 g/mol. The van der Waals surface area contributed by atoms with Crippen LogP contribution in [0.1, 0.15) is 32.6 Å². The standard InChI is InChI=1S/C14H26F3N3O/c1-11(4-6-18)2-3-13(21)19-8-12-5-7-20(9-12)10-14(15,16)17/h11-12H,2-10,18H2,1H3,(H,19,21). The molecule has 2 unspecified atom stereocenters. The summed E-state index contributed by atoms with van der Waals surface area (Å²) >= 11 is 0. The highest BCUT2D eigenvalue weighted by Gasteiger charge is 2.34. The topological polar surface area (TPSA) is 58.4 Å². The lowest BCUT2D eigenvalue weighted by atomic mass is 10.0. The van der Waals surface area contributed by atoms with Crippen LogP contribution in [0.2, 0.25) is 0 Å². The van der Waals surface area contributed by atoms with Gasteiger partial charge in [0, 0.05) is 19.5 Å². The molecule has 1 amide bonds. The fourth-order valence-corrected chi connectivity index (χ4v) is 2.63. The first kappa shape index (κ1) is 18.2. The molecule has 3 N–H and O–H groups in total. The molecule has 0 spiro atoms. The second-order valence-corrected chi connectivity index (χ2v) is 6.03. The average molecular weight is 309 g/mol. The highest BCUT2D eigenvalue weighted by Crippen LogP contribution is 2.22. The molecule has 1 fully saturated rings. The van der Waals surface area contributed by atoms with Gasteiger partial charge in [0.25, 0.3) is 0 Å². The lowest BCUT2D eigenvalue weighted by Crippen LogP contribution is -2.34. The van der Waals surface area contributed by atoms with E-state index >= 15 is 0 Å². The number of carbonyl (C=O) groups is 1. The molecule has 0 aromatic carbocycles. The number of likely N-dealkylation sites (tertiary alicyclic amines) is 1. The van der Waals surface area contributed by atoms with Gasteiger partial charge in [0.15, 0.2) is 0 Å². The lowest BCUT2D eigenvalue weighted by molar-refractivity contribution is -0.143. The van der Waals surface area contributed by atoms with Crippen molar-refractivity contribution in [3.05, 3.63) is 0 Å². The van der Waals surface area contributed by atoms with Crippen LogP contribution in [0.4, 0.5) is 13.2 Å². The second kappa shape index (κ2) is 8.58. The molecule has 7 heteroatoms. The number of carbonyl (C=O) groups excluding carboxylic acids is 1. The van der Waals surface area contributed by atoms with Gasteiger partial charge in [-0.25, -0.2) is 0 Å². The van der Waals surface area contributed by atoms with Crippen molar-refractivity contribution >= 4 is 5.91 Å². The Bertz CT molecular complexity index is 323. The van der Waals surface area contributed by atoms with E-state index in [1.165, 1.54) is 4.90 Å². The molecule has 1 rings (SSSR count). The van der Waals surface area contributed by atoms with Crippen LogP contribution in [0.3, 0.4) is 0 Å². The van der Waals surface area contributed by atoms with Crippen LogP contribution in [0.15, 0.2) is 0 Å². The third-order valence-corrected chi connectivity index (χ3v) is 3.88. The number of nitrogens with zero attached hydrogens (tertiary/aromatic N) is 1. The summed E-state index contributed by atoms with van der Waals surface area (Å²) in [6, 6.07) is 0. The van der Waals surface area contributed by atoms with Crippen LogP contribution in [-0.2, 0) is 4.79 Å². The van der Waals surface area contributed by atoms with Crippen molar-refractivity contribution in [2.24, 2.45) is 17.6 Å². The van der Waals surface area contributed by atoms with Crippen molar-refractivity contribution in [1.29, 1.82) is 0 Å². The Kier molecular flexibility index (Phi) is 7.45. The van der Waals surface area contributed by atoms with Crippen molar-refractivity contribution < 1.29 is 18.0 Å². The van der Waals surface area contributed by atoms with E-state index in [4.69, 9.17) is 5.73 Å². The first-order valence-corrected chi connectivity index (χ1v) is 7.56. The van der Waals surface area contributed by atoms with Crippen LogP contribution < -0.4 is 11.1 Å². The molecule has 0 bridgehead atoms. The van der Waals surface area contributed by atoms with E-state index in [0.29, 0.717) is 44.9 Å². The predicted octanol–water partition coefficient (Wildman–Crippen LogP) is 1.75. The van der Waals surface area contributed by atoms with Crippen molar-refractivity contribution in [1.82, 2.24) is 10.2 Å². The van der Waals surface area contributed by atoms with Crippen molar-refractivity contribution in [2.45, 2.75) is 38.8 Å². The van der Waals surface area contributed by atoms with Crippen LogP contribution in [0.25, 0.3) is 0 Å². The number of hydrogen-bond acceptors (Lipinski definition) is 3. The molecule has 1 aliphatic heterocycles. The zero-order valence-corrected chi connectivity index (χ0v) is 12.6. The highest BCUT2D eigenvalue weighted by molar-refractivity contribution is 5.75. The monoisotopic (exact) mass is 309 g/mol. The summed E-state index contributed by atoms with van der Waals surface area (Å²) in [5.41, 5.74) is 5.45. The maximum atomic E-state index is 12.3. The fraction of sp³-hybridized carbons (Fsp3) is 0.929. The zero-order valence-electron chi connectivity index (χ0n) is 12.6. The smallest absolute Gasteiger partial charge is 0.356 e. The van der Waals surface area contributed by atoms with Crippen molar-refractivity contribution in [2.75, 3.05) is 32.7 Å². The molecule has 0 aromatic rings. The average Bonchev–Trinajstić information content (AvgIpc) is 2.79. The molecule has 2 atom stereocenters. The summed E-state index contributed by atoms with van der Waals surface area (Å²) in [6.45, 7) is 3.16. The minimum atomic E-state index is -4.14. The molecule has 4 nitrogen and oxygen atoms in total. The molecule has 1 aliphatic rings. The van der Waals surface area contributed by atoms with Gasteiger partial charge in [-0.1, -0.05) is 6.92 Å². The van der Waals surface area contributed by atoms with Gasteiger partial charge in [-0.05, 0) is 44.2 Å². The molecular formula is C14H26F3N3O. The Labute approximate surface area is 124 Å². The Balaban J connectivity index is 2.14. The third-order valence-electron chi connectivity index (χ3n) is 3.88. The largest absolute Gasteiger partial charge is 0.401 e. The van der Waals surface area contributed by atoms with Gasteiger partial charge in [-0.3, -0.25) is 9.69 Å². The molecule has 0 aliphatic carbocycles. The lowest BCUT2D eigenvalue weighted by Gasteiger charge is -2.18. The number of amides is 1. The third kappa shape index (κ3) is 8.26. The molecule has 1 heterocycles. The van der Waals surface area contributed by atoms with E-state index < -0.39 is 12.7 Å². The summed E-state index contributed by atoms with van der Waals surface area (Å²) in [7, 11) is 0. The van der Waals surface area contributed by atoms with Gasteiger partial charge in [-0.15, -0.1) is 0 Å². The Morgan fingerprint density at radius 2 is 2.14 bits per heavy atom. The summed E-state index contributed by atoms with van der Waals surface area (Å²) in [6.07, 6.45) is -1.27. The van der Waals surface area contributed by atoms with E-state index in [0.717, 1.165) is 12.8 Å². The zero-order chi connectivity index (χ0) is 15.9. The predicted molar refractivity (Wildman–Crippen MR) is 75.7 cm³/mol. The second-order valence-electron chi connectivity index (χ2n) is 6.03. The van der Waals surface area contributed by atoms with Gasteiger partial charge >= 0.3 is 6.18 Å². The summed E-state index contributed by atoms with van der Waals surface area (Å²) < 4.78 is 36.8. The van der Waals surface area contributed by atoms with E-state index in [1.54, 1.807) is 0 Å². The maximum Gasteiger partial charge on any atom is 0.401 e. The number of alkyl halides is 3. The molecule has 21 heavy (non-hydrogen) atoms. The van der Waals surface area contributed by atoms with Crippen LogP contribution in [0, 0.1) is 11.8 Å². The van der Waals surface area contributed by atoms with E-state index in [-0.39, 0.29) is 11.8 Å². The SMILES string of the molecule is CC(CCN)CCC(=O)NCC1CCN(CC(F)(F)F)C1. The molecule has 1 saturated heterocycles. The van der Waals surface area contributed by atoms with Crippen LogP contribution in [-0.4, -0.2) is 49.7 Å². The molecule has 0 radical (unpaired) electrons. The van der Waals surface area contributed by atoms with Crippen molar-refractivity contribution in [3.63, 3.8) is 0 Å². The molecule has 0 aromatic heterocycles. The minimum Gasteiger partial charge on any atom is -0.356 e. The Morgan fingerprint density at radius 3 is 2.76 bits per heavy atom. The minimum absolute atomic E-state index is 0.0202. The van der Waals surface area contributed by atoms with Gasteiger partial charge < -0.3 is 11.1 Å². The quantitative estimate of drug-likeness (QED) is 0.718. The van der Waals surface area contributed by atoms with Gasteiger partial charge in [0.1, 0.15) is 0 Å². The summed E-state index contributed by atoms with van der Waals surface area (Å²) in [4.78, 5) is 13.1. The summed E-state index contributed by atoms with van der Waals surface area (Å²) in [5, 5.41) is 2.83. The van der Waals surface area contributed by atoms with Gasteiger partial charge in [0.2, 0.25) is 5.91 Å². The Morgan fingerprint density at radius 1 is 1.43 bits per heavy atom. The first-order chi connectivity index (χ1) is 9.80. The van der Waals surface area contributed by atoms with Gasteiger partial charge in [0.05, 0.1) is 6.54 Å². The Hall–Kier alpha value is -0.820. The van der Waals surface area contributed by atoms with Crippen molar-refractivity contribution in [3.8, 4) is 0 Å². The van der Waals surface area contributed by atoms with Crippen LogP contribution >= 0.6 is 0 Å². The normalized spacial score (nSPS) is 21.5. The molecule has 124 valence electrons. The van der Waals surface area contributed by atoms with Crippen LogP contribution in [0.5, 0.6) is 0 Å². The van der Waals surface area contributed by atoms with E-state index in [2.05, 4.69) is 12.2 Å². The maximum absolute atomic E-state index is 12.3. The fourth-order valence-electron chi connectivity index (χ4n) is 2.63. The number of nitrogens with two attached hydrogens (primary N) is 1. The number of rotatable bonds is 8. The first-order valence-electron chi connectivity index (χ1n) is 7.56.